The predicted molar refractivity (Wildman–Crippen MR) is 299 cm³/mol. The average molecular weight is 1130 g/mol. The van der Waals surface area contributed by atoms with Gasteiger partial charge in [0.25, 0.3) is 0 Å². The summed E-state index contributed by atoms with van der Waals surface area (Å²) in [6.07, 6.45) is 24.2. The lowest BCUT2D eigenvalue weighted by molar-refractivity contribution is -0.155. The van der Waals surface area contributed by atoms with Gasteiger partial charge in [-0.15, -0.1) is 0 Å². The van der Waals surface area contributed by atoms with E-state index in [0.717, 1.165) is 39.0 Å². The van der Waals surface area contributed by atoms with Gasteiger partial charge in [0.05, 0.1) is 19.4 Å². The normalized spacial score (nSPS) is 22.9. The van der Waals surface area contributed by atoms with Crippen molar-refractivity contribution in [2.24, 2.45) is 11.3 Å². The van der Waals surface area contributed by atoms with E-state index in [0.29, 0.717) is 31.0 Å². The lowest BCUT2D eigenvalue weighted by Gasteiger charge is -2.36. The summed E-state index contributed by atoms with van der Waals surface area (Å²) in [5, 5.41) is 54.9. The molecule has 0 amide bonds. The first-order valence-electron chi connectivity index (χ1n) is 26.0. The molecule has 4 rings (SSSR count). The standard InChI is InChI=1S/C44H56O6.C10H12O8.C7H10O6/c1-30(18-13-20-32(3)23-25-37-34(5)28-39(42(47)35(37)6)50-41(46)22-15-27-45)16-11-12-17-31(2)19-14-21-33(4)24-26-38-36(7)43(48)40(49-10)29-44(38,8)9;11-3-1-2-6(13)17-4-5(12)9-7(14)8(15)10(16)18-9;1-12-2-3(8)6-4(9)5(10)7(11)13-6/h11-14,16-21,23-27,34,39-40H,15,22,28-29H2,1-10H3;3,5,9,12,14-15H,1-2,4H2;3,6,8-10H,2H2,1H3/b12-11+,18-13+,19-14+,25-23+,26-24+,30-16+,31-17+,32-20+,33-21+;;. The van der Waals surface area contributed by atoms with Crippen LogP contribution in [0.3, 0.4) is 0 Å². The first-order chi connectivity index (χ1) is 38.1. The minimum atomic E-state index is -1.50. The number of hydrogen-bond acceptors (Lipinski definition) is 20. The largest absolute Gasteiger partial charge is 0.505 e. The van der Waals surface area contributed by atoms with Gasteiger partial charge in [-0.05, 0) is 88.0 Å². The number of allylic oxidation sites excluding steroid dienone is 20. The summed E-state index contributed by atoms with van der Waals surface area (Å²) in [4.78, 5) is 90.3. The Morgan fingerprint density at radius 3 is 1.54 bits per heavy atom. The van der Waals surface area contributed by atoms with E-state index in [9.17, 15) is 53.7 Å². The Morgan fingerprint density at radius 1 is 0.642 bits per heavy atom. The average Bonchev–Trinajstić information content (AvgIpc) is 3.90. The Bertz CT molecular complexity index is 2730. The second-order valence-electron chi connectivity index (χ2n) is 20.0. The summed E-state index contributed by atoms with van der Waals surface area (Å²) in [6, 6.07) is 0. The van der Waals surface area contributed by atoms with E-state index < -0.39 is 84.0 Å². The molecule has 0 fully saturated rings. The molecule has 6 N–H and O–H groups in total. The molecule has 0 bridgehead atoms. The van der Waals surface area contributed by atoms with Crippen LogP contribution < -0.4 is 0 Å². The Kier molecular flexibility index (Phi) is 29.4. The third-order valence-electron chi connectivity index (χ3n) is 12.8. The van der Waals surface area contributed by atoms with Gasteiger partial charge in [0.15, 0.2) is 41.4 Å². The SMILES string of the molecule is COC1CC(C)(C)C(/C=C/C(C)=C/C=C/C(C)=C/C=C/C=C(C)/C=C/C=C(C)/C=C/C2=C(C)C(=O)C(OC(=O)CCC=O)CC2C)=C(C)C1=O.COCC(O)C1OC(=O)C(O)=C1O.O=CCCC(=O)OCC(O)C1OC(=O)C(O)=C1O. The number of carbonyl (C=O) groups is 8. The summed E-state index contributed by atoms with van der Waals surface area (Å²) in [7, 11) is 2.95. The van der Waals surface area contributed by atoms with E-state index in [4.69, 9.17) is 24.8 Å². The smallest absolute Gasteiger partial charge is 0.377 e. The molecule has 0 aromatic rings. The topological polar surface area (TPSA) is 313 Å². The van der Waals surface area contributed by atoms with Crippen molar-refractivity contribution >= 4 is 48.0 Å². The van der Waals surface area contributed by atoms with Crippen molar-refractivity contribution < 1.29 is 97.4 Å². The van der Waals surface area contributed by atoms with Crippen molar-refractivity contribution in [1.29, 1.82) is 0 Å². The minimum Gasteiger partial charge on any atom is -0.505 e. The second-order valence-corrected chi connectivity index (χ2v) is 20.0. The van der Waals surface area contributed by atoms with E-state index in [1.807, 2.05) is 82.4 Å². The van der Waals surface area contributed by atoms with Crippen LogP contribution in [0.1, 0.15) is 101 Å². The van der Waals surface area contributed by atoms with Crippen LogP contribution in [0.5, 0.6) is 0 Å². The number of esters is 4. The van der Waals surface area contributed by atoms with Gasteiger partial charge in [0.2, 0.25) is 11.5 Å². The van der Waals surface area contributed by atoms with E-state index in [1.54, 1.807) is 14.0 Å². The van der Waals surface area contributed by atoms with E-state index in [1.165, 1.54) is 7.11 Å². The quantitative estimate of drug-likeness (QED) is 0.0230. The maximum Gasteiger partial charge on any atom is 0.377 e. The van der Waals surface area contributed by atoms with Gasteiger partial charge in [-0.2, -0.15) is 0 Å². The van der Waals surface area contributed by atoms with Crippen molar-refractivity contribution in [3.05, 3.63) is 153 Å². The van der Waals surface area contributed by atoms with Crippen molar-refractivity contribution in [2.75, 3.05) is 27.4 Å². The molecule has 2 aliphatic heterocycles. The van der Waals surface area contributed by atoms with Crippen LogP contribution in [0.2, 0.25) is 0 Å². The molecule has 20 nitrogen and oxygen atoms in total. The molecule has 0 aromatic heterocycles. The van der Waals surface area contributed by atoms with Gasteiger partial charge >= 0.3 is 23.9 Å². The summed E-state index contributed by atoms with van der Waals surface area (Å²) >= 11 is 0. The number of aliphatic hydroxyl groups excluding tert-OH is 6. The number of ether oxygens (including phenoxy) is 6. The number of Topliss-reactive ketones (excluding diaryl/α,β-unsaturated/α-hetero) is 2. The molecular formula is C61H78O20. The van der Waals surface area contributed by atoms with Gasteiger partial charge in [0, 0.05) is 27.1 Å². The highest BCUT2D eigenvalue weighted by atomic mass is 16.6. The summed E-state index contributed by atoms with van der Waals surface area (Å²) in [5.41, 5.74) is 7.63. The third-order valence-corrected chi connectivity index (χ3v) is 12.8. The minimum absolute atomic E-state index is 0.000710. The maximum absolute atomic E-state index is 12.8. The van der Waals surface area contributed by atoms with E-state index in [-0.39, 0.29) is 61.3 Å². The van der Waals surface area contributed by atoms with Crippen LogP contribution in [0.15, 0.2) is 153 Å². The highest BCUT2D eigenvalue weighted by Crippen LogP contribution is 2.40. The zero-order chi connectivity index (χ0) is 61.1. The Labute approximate surface area is 472 Å². The molecule has 0 radical (unpaired) electrons. The van der Waals surface area contributed by atoms with Crippen LogP contribution >= 0.6 is 0 Å². The van der Waals surface area contributed by atoms with Crippen LogP contribution in [0.25, 0.3) is 0 Å². The zero-order valence-electron chi connectivity index (χ0n) is 47.8. The molecule has 0 saturated heterocycles. The van der Waals surface area contributed by atoms with Gasteiger partial charge in [-0.25, -0.2) is 9.59 Å². The summed E-state index contributed by atoms with van der Waals surface area (Å²) in [5.74, 6) is -6.78. The molecule has 442 valence electrons. The molecule has 7 unspecified atom stereocenters. The van der Waals surface area contributed by atoms with Crippen molar-refractivity contribution in [3.8, 4) is 0 Å². The number of cyclic esters (lactones) is 2. The predicted octanol–water partition coefficient (Wildman–Crippen LogP) is 8.07. The van der Waals surface area contributed by atoms with Crippen molar-refractivity contribution in [3.63, 3.8) is 0 Å². The van der Waals surface area contributed by atoms with Gasteiger partial charge in [0.1, 0.15) is 37.5 Å². The lowest BCUT2D eigenvalue weighted by Crippen LogP contribution is -2.37. The highest BCUT2D eigenvalue weighted by molar-refractivity contribution is 6.02. The molecule has 2 aliphatic carbocycles. The summed E-state index contributed by atoms with van der Waals surface area (Å²) in [6.45, 7) is 17.5. The van der Waals surface area contributed by atoms with E-state index in [2.05, 4.69) is 77.0 Å². The molecule has 0 spiro atoms. The Hall–Kier alpha value is -7.78. The monoisotopic (exact) mass is 1130 g/mol. The molecule has 81 heavy (non-hydrogen) atoms. The molecule has 0 saturated carbocycles. The number of aliphatic hydroxyl groups is 6. The zero-order valence-corrected chi connectivity index (χ0v) is 47.8. The molecule has 2 heterocycles. The van der Waals surface area contributed by atoms with E-state index >= 15 is 0 Å². The lowest BCUT2D eigenvalue weighted by atomic mass is 9.71. The number of ketones is 2. The van der Waals surface area contributed by atoms with Crippen molar-refractivity contribution in [1.82, 2.24) is 0 Å². The van der Waals surface area contributed by atoms with Crippen LogP contribution in [-0.4, -0.2) is 143 Å². The fraction of sp³-hybridized carbons (Fsp3) is 0.443. The Morgan fingerprint density at radius 2 is 1.09 bits per heavy atom. The van der Waals surface area contributed by atoms with Crippen LogP contribution in [0.4, 0.5) is 0 Å². The maximum atomic E-state index is 12.8. The summed E-state index contributed by atoms with van der Waals surface area (Å²) < 4.78 is 28.8. The molecule has 7 atom stereocenters. The molecule has 20 heteroatoms. The van der Waals surface area contributed by atoms with Gasteiger partial charge in [-0.3, -0.25) is 19.2 Å². The number of rotatable bonds is 24. The van der Waals surface area contributed by atoms with Crippen LogP contribution in [0, 0.1) is 11.3 Å². The molecular weight excluding hydrogens is 1050 g/mol. The first-order valence-corrected chi connectivity index (χ1v) is 26.0. The number of aldehydes is 2. The fourth-order valence-corrected chi connectivity index (χ4v) is 8.19. The molecule has 0 aromatic carbocycles. The number of carbonyl (C=O) groups excluding carboxylic acids is 8. The van der Waals surface area contributed by atoms with Crippen LogP contribution in [-0.2, 0) is 66.8 Å². The van der Waals surface area contributed by atoms with Gasteiger partial charge in [-0.1, -0.05) is 128 Å². The third kappa shape index (κ3) is 22.4. The van der Waals surface area contributed by atoms with Gasteiger partial charge < -0.3 is 68.6 Å². The first kappa shape index (κ1) is 69.3. The highest BCUT2D eigenvalue weighted by Gasteiger charge is 2.41. The Balaban J connectivity index is 0.000000580. The fourth-order valence-electron chi connectivity index (χ4n) is 8.19. The molecule has 4 aliphatic rings. The number of hydrogen-bond donors (Lipinski definition) is 6. The number of methoxy groups -OCH3 is 2. The van der Waals surface area contributed by atoms with Crippen molar-refractivity contribution in [2.45, 2.75) is 137 Å². The second kappa shape index (κ2) is 34.4.